The third kappa shape index (κ3) is 4.55. The monoisotopic (exact) mass is 272 g/mol. The van der Waals surface area contributed by atoms with E-state index in [1.54, 1.807) is 11.8 Å². The van der Waals surface area contributed by atoms with Gasteiger partial charge in [-0.25, -0.2) is 14.8 Å². The van der Waals surface area contributed by atoms with Gasteiger partial charge >= 0.3 is 5.97 Å². The van der Waals surface area contributed by atoms with Crippen LogP contribution in [-0.2, 0) is 0 Å². The van der Waals surface area contributed by atoms with E-state index < -0.39 is 5.97 Å². The Kier molecular flexibility index (Phi) is 6.36. The van der Waals surface area contributed by atoms with E-state index in [1.807, 2.05) is 0 Å². The lowest BCUT2D eigenvalue weighted by atomic mass is 10.3. The Labute approximate surface area is 110 Å². The van der Waals surface area contributed by atoms with E-state index in [2.05, 4.69) is 23.8 Å². The standard InChI is InChI=1S/C11H16N2O2S2/c1-3-5-16-9-8(10(14)15)7-12-11(13-9)17-6-4-2/h7H,3-6H2,1-2H3,(H,14,15). The van der Waals surface area contributed by atoms with Crippen molar-refractivity contribution in [1.82, 2.24) is 9.97 Å². The first kappa shape index (κ1) is 14.3. The molecule has 1 aromatic heterocycles. The Bertz CT molecular complexity index is 386. The molecule has 6 heteroatoms. The van der Waals surface area contributed by atoms with Crippen molar-refractivity contribution in [3.63, 3.8) is 0 Å². The number of carboxylic acid groups (broad SMARTS) is 1. The van der Waals surface area contributed by atoms with Crippen LogP contribution in [0.5, 0.6) is 0 Å². The highest BCUT2D eigenvalue weighted by Gasteiger charge is 2.13. The fraction of sp³-hybridized carbons (Fsp3) is 0.545. The number of carboxylic acids is 1. The van der Waals surface area contributed by atoms with Gasteiger partial charge < -0.3 is 5.11 Å². The highest BCUT2D eigenvalue weighted by molar-refractivity contribution is 7.99. The maximum absolute atomic E-state index is 11.0. The van der Waals surface area contributed by atoms with E-state index in [1.165, 1.54) is 18.0 Å². The Morgan fingerprint density at radius 2 is 1.94 bits per heavy atom. The van der Waals surface area contributed by atoms with Crippen LogP contribution in [0, 0.1) is 0 Å². The second-order valence-corrected chi connectivity index (χ2v) is 5.52. The second kappa shape index (κ2) is 7.55. The smallest absolute Gasteiger partial charge is 0.340 e. The van der Waals surface area contributed by atoms with Crippen molar-refractivity contribution in [3.05, 3.63) is 11.8 Å². The molecule has 1 N–H and O–H groups in total. The summed E-state index contributed by atoms with van der Waals surface area (Å²) in [5, 5.41) is 10.3. The number of hydrogen-bond donors (Lipinski definition) is 1. The molecule has 1 rings (SSSR count). The van der Waals surface area contributed by atoms with Crippen molar-refractivity contribution < 1.29 is 9.90 Å². The van der Waals surface area contributed by atoms with Gasteiger partial charge in [0.25, 0.3) is 0 Å². The molecule has 1 aromatic rings. The SMILES string of the molecule is CCCSc1ncc(C(=O)O)c(SCCC)n1. The van der Waals surface area contributed by atoms with E-state index in [-0.39, 0.29) is 5.56 Å². The van der Waals surface area contributed by atoms with Gasteiger partial charge in [0.2, 0.25) is 0 Å². The zero-order chi connectivity index (χ0) is 12.7. The summed E-state index contributed by atoms with van der Waals surface area (Å²) < 4.78 is 0. The van der Waals surface area contributed by atoms with Crippen LogP contribution >= 0.6 is 23.5 Å². The van der Waals surface area contributed by atoms with Gasteiger partial charge in [-0.05, 0) is 18.6 Å². The minimum absolute atomic E-state index is 0.198. The normalized spacial score (nSPS) is 10.5. The molecule has 0 aliphatic carbocycles. The van der Waals surface area contributed by atoms with Crippen LogP contribution in [0.25, 0.3) is 0 Å². The summed E-state index contributed by atoms with van der Waals surface area (Å²) in [6, 6.07) is 0. The number of aromatic carboxylic acids is 1. The first-order valence-electron chi connectivity index (χ1n) is 5.55. The third-order valence-corrected chi connectivity index (χ3v) is 4.10. The summed E-state index contributed by atoms with van der Waals surface area (Å²) in [5.74, 6) is 0.857. The number of aromatic nitrogens is 2. The maximum atomic E-state index is 11.0. The van der Waals surface area contributed by atoms with Crippen LogP contribution < -0.4 is 0 Å². The van der Waals surface area contributed by atoms with Gasteiger partial charge in [-0.15, -0.1) is 11.8 Å². The number of hydrogen-bond acceptors (Lipinski definition) is 5. The zero-order valence-electron chi connectivity index (χ0n) is 9.97. The fourth-order valence-corrected chi connectivity index (χ4v) is 2.64. The molecule has 0 amide bonds. The Morgan fingerprint density at radius 3 is 2.53 bits per heavy atom. The molecule has 94 valence electrons. The van der Waals surface area contributed by atoms with Crippen molar-refractivity contribution in [2.45, 2.75) is 36.9 Å². The van der Waals surface area contributed by atoms with Gasteiger partial charge in [0.15, 0.2) is 5.16 Å². The lowest BCUT2D eigenvalue weighted by molar-refractivity contribution is 0.0691. The topological polar surface area (TPSA) is 63.1 Å². The van der Waals surface area contributed by atoms with E-state index in [0.29, 0.717) is 10.2 Å². The van der Waals surface area contributed by atoms with Crippen molar-refractivity contribution in [1.29, 1.82) is 0 Å². The van der Waals surface area contributed by atoms with E-state index in [0.717, 1.165) is 24.3 Å². The molecule has 0 saturated carbocycles. The average Bonchev–Trinajstić information content (AvgIpc) is 2.33. The minimum atomic E-state index is -0.962. The fourth-order valence-electron chi connectivity index (χ4n) is 1.07. The Morgan fingerprint density at radius 1 is 1.29 bits per heavy atom. The predicted octanol–water partition coefficient (Wildman–Crippen LogP) is 3.18. The molecule has 0 bridgehead atoms. The summed E-state index contributed by atoms with van der Waals surface area (Å²) in [7, 11) is 0. The van der Waals surface area contributed by atoms with Gasteiger partial charge in [0.1, 0.15) is 10.6 Å². The molecule has 0 saturated heterocycles. The predicted molar refractivity (Wildman–Crippen MR) is 71.0 cm³/mol. The van der Waals surface area contributed by atoms with Crippen molar-refractivity contribution in [3.8, 4) is 0 Å². The van der Waals surface area contributed by atoms with Crippen LogP contribution in [0.1, 0.15) is 37.0 Å². The molecule has 17 heavy (non-hydrogen) atoms. The molecule has 0 spiro atoms. The van der Waals surface area contributed by atoms with Gasteiger partial charge in [-0.2, -0.15) is 0 Å². The molecule has 0 aromatic carbocycles. The molecule has 0 unspecified atom stereocenters. The Balaban J connectivity index is 2.88. The minimum Gasteiger partial charge on any atom is -0.478 e. The first-order valence-corrected chi connectivity index (χ1v) is 7.52. The van der Waals surface area contributed by atoms with E-state index >= 15 is 0 Å². The average molecular weight is 272 g/mol. The van der Waals surface area contributed by atoms with E-state index in [4.69, 9.17) is 5.11 Å². The molecule has 0 aliphatic heterocycles. The highest BCUT2D eigenvalue weighted by atomic mass is 32.2. The molecule has 4 nitrogen and oxygen atoms in total. The van der Waals surface area contributed by atoms with Gasteiger partial charge in [-0.3, -0.25) is 0 Å². The quantitative estimate of drug-likeness (QED) is 0.467. The highest BCUT2D eigenvalue weighted by Crippen LogP contribution is 2.24. The summed E-state index contributed by atoms with van der Waals surface area (Å²) >= 11 is 3.04. The maximum Gasteiger partial charge on any atom is 0.340 e. The second-order valence-electron chi connectivity index (χ2n) is 3.37. The van der Waals surface area contributed by atoms with Crippen molar-refractivity contribution in [2.75, 3.05) is 11.5 Å². The lowest BCUT2D eigenvalue weighted by Crippen LogP contribution is -2.04. The lowest BCUT2D eigenvalue weighted by Gasteiger charge is -2.05. The number of nitrogens with zero attached hydrogens (tertiary/aromatic N) is 2. The number of rotatable bonds is 7. The molecular formula is C11H16N2O2S2. The summed E-state index contributed by atoms with van der Waals surface area (Å²) in [4.78, 5) is 19.4. The Hall–Kier alpha value is -0.750. The largest absolute Gasteiger partial charge is 0.478 e. The van der Waals surface area contributed by atoms with Crippen molar-refractivity contribution >= 4 is 29.5 Å². The van der Waals surface area contributed by atoms with Crippen molar-refractivity contribution in [2.24, 2.45) is 0 Å². The van der Waals surface area contributed by atoms with Crippen LogP contribution in [-0.4, -0.2) is 32.5 Å². The molecule has 0 radical (unpaired) electrons. The number of carbonyl (C=O) groups is 1. The first-order chi connectivity index (χ1) is 8.19. The molecule has 0 aliphatic rings. The van der Waals surface area contributed by atoms with Crippen LogP contribution in [0.4, 0.5) is 0 Å². The molecule has 0 fully saturated rings. The van der Waals surface area contributed by atoms with Crippen LogP contribution in [0.2, 0.25) is 0 Å². The van der Waals surface area contributed by atoms with E-state index in [9.17, 15) is 4.79 Å². The van der Waals surface area contributed by atoms with Gasteiger partial charge in [-0.1, -0.05) is 25.6 Å². The summed E-state index contributed by atoms with van der Waals surface area (Å²) in [5.41, 5.74) is 0.198. The van der Waals surface area contributed by atoms with Crippen LogP contribution in [0.3, 0.4) is 0 Å². The number of thioether (sulfide) groups is 2. The molecule has 0 atom stereocenters. The third-order valence-electron chi connectivity index (χ3n) is 1.84. The summed E-state index contributed by atoms with van der Waals surface area (Å²) in [6.45, 7) is 4.15. The molecular weight excluding hydrogens is 256 g/mol. The summed E-state index contributed by atoms with van der Waals surface area (Å²) in [6.07, 6.45) is 3.45. The van der Waals surface area contributed by atoms with Crippen LogP contribution in [0.15, 0.2) is 16.4 Å². The zero-order valence-corrected chi connectivity index (χ0v) is 11.6. The molecule has 1 heterocycles. The van der Waals surface area contributed by atoms with Gasteiger partial charge in [0.05, 0.1) is 0 Å². The van der Waals surface area contributed by atoms with Gasteiger partial charge in [0, 0.05) is 11.9 Å².